The van der Waals surface area contributed by atoms with Gasteiger partial charge in [-0.25, -0.2) is 0 Å². The van der Waals surface area contributed by atoms with Gasteiger partial charge in [0.15, 0.2) is 5.78 Å². The number of ketones is 1. The van der Waals surface area contributed by atoms with Crippen molar-refractivity contribution in [3.05, 3.63) is 35.4 Å². The molecule has 0 radical (unpaired) electrons. The molecular weight excluding hydrogens is 288 g/mol. The van der Waals surface area contributed by atoms with E-state index in [1.54, 1.807) is 0 Å². The highest BCUT2D eigenvalue weighted by Crippen LogP contribution is 2.33. The van der Waals surface area contributed by atoms with E-state index in [-0.39, 0.29) is 11.9 Å². The number of ether oxygens (including phenoxy) is 1. The van der Waals surface area contributed by atoms with E-state index >= 15 is 0 Å². The molecule has 23 heavy (non-hydrogen) atoms. The number of fused-ring (bicyclic) bond motifs is 1. The predicted molar refractivity (Wildman–Crippen MR) is 93.2 cm³/mol. The number of hydrogen-bond donors (Lipinski definition) is 0. The lowest BCUT2D eigenvalue weighted by atomic mass is 10.00. The predicted octanol–water partition coefficient (Wildman–Crippen LogP) is 3.84. The summed E-state index contributed by atoms with van der Waals surface area (Å²) in [6.07, 6.45) is 3.19. The van der Waals surface area contributed by atoms with Crippen molar-refractivity contribution in [3.63, 3.8) is 0 Å². The molecule has 4 heteroatoms. The first-order chi connectivity index (χ1) is 10.9. The summed E-state index contributed by atoms with van der Waals surface area (Å²) in [4.78, 5) is 12.4. The van der Waals surface area contributed by atoms with Gasteiger partial charge in [0.25, 0.3) is 0 Å². The molecule has 0 unspecified atom stereocenters. The first-order valence-electron chi connectivity index (χ1n) is 8.12. The molecule has 0 spiro atoms. The number of benzene rings is 1. The van der Waals surface area contributed by atoms with Gasteiger partial charge in [-0.05, 0) is 49.1 Å². The number of carbonyl (C=O) groups excluding carboxylic acids is 1. The van der Waals surface area contributed by atoms with E-state index in [9.17, 15) is 4.79 Å². The Morgan fingerprint density at radius 2 is 1.91 bits per heavy atom. The van der Waals surface area contributed by atoms with Gasteiger partial charge in [-0.1, -0.05) is 19.9 Å². The van der Waals surface area contributed by atoms with Crippen LogP contribution in [-0.2, 0) is 11.2 Å². The molecule has 120 valence electrons. The first kappa shape index (κ1) is 15.7. The van der Waals surface area contributed by atoms with Crippen molar-refractivity contribution in [1.82, 2.24) is 0 Å². The van der Waals surface area contributed by atoms with Crippen LogP contribution in [0.25, 0.3) is 5.57 Å². The lowest BCUT2D eigenvalue weighted by Crippen LogP contribution is -2.08. The summed E-state index contributed by atoms with van der Waals surface area (Å²) in [5.41, 5.74) is 4.68. The number of allylic oxidation sites excluding steroid dienone is 2. The lowest BCUT2D eigenvalue weighted by Gasteiger charge is -2.11. The maximum atomic E-state index is 12.4. The summed E-state index contributed by atoms with van der Waals surface area (Å²) >= 11 is 0. The van der Waals surface area contributed by atoms with Crippen LogP contribution in [0.3, 0.4) is 0 Å². The van der Waals surface area contributed by atoms with Gasteiger partial charge in [-0.2, -0.15) is 10.2 Å². The number of hydrogen-bond acceptors (Lipinski definition) is 4. The summed E-state index contributed by atoms with van der Waals surface area (Å²) in [7, 11) is 0. The van der Waals surface area contributed by atoms with Crippen LogP contribution < -0.4 is 4.74 Å². The standard InChI is InChI=1S/C19H22N2O2/c1-11(2)18-9-14(20-21-18)8-17-16-10-15(23-12(3)4)6-5-13(16)7-19(17)22/h5-6,8,10-12H,7,9H2,1-4H3/b17-8-. The van der Waals surface area contributed by atoms with Crippen molar-refractivity contribution in [3.8, 4) is 5.75 Å². The van der Waals surface area contributed by atoms with Crippen LogP contribution in [0.4, 0.5) is 0 Å². The van der Waals surface area contributed by atoms with Gasteiger partial charge in [0, 0.05) is 24.1 Å². The van der Waals surface area contributed by atoms with E-state index in [0.717, 1.165) is 40.3 Å². The number of rotatable bonds is 4. The highest BCUT2D eigenvalue weighted by Gasteiger charge is 2.26. The topological polar surface area (TPSA) is 51.0 Å². The third-order valence-electron chi connectivity index (χ3n) is 4.04. The number of Topliss-reactive ketones (excluding diaryl/α,β-unsaturated/α-hetero) is 1. The molecule has 1 heterocycles. The summed E-state index contributed by atoms with van der Waals surface area (Å²) in [5, 5.41) is 8.45. The fourth-order valence-electron chi connectivity index (χ4n) is 2.83. The van der Waals surface area contributed by atoms with Gasteiger partial charge in [0.2, 0.25) is 0 Å². The highest BCUT2D eigenvalue weighted by molar-refractivity contribution is 6.30. The molecule has 2 aliphatic rings. The zero-order chi connectivity index (χ0) is 16.6. The molecule has 0 fully saturated rings. The summed E-state index contributed by atoms with van der Waals surface area (Å²) in [5.74, 6) is 1.32. The molecule has 0 bridgehead atoms. The van der Waals surface area contributed by atoms with Gasteiger partial charge < -0.3 is 4.74 Å². The van der Waals surface area contributed by atoms with Crippen molar-refractivity contribution in [2.75, 3.05) is 0 Å². The first-order valence-corrected chi connectivity index (χ1v) is 8.12. The molecule has 0 amide bonds. The second-order valence-electron chi connectivity index (χ2n) is 6.66. The minimum Gasteiger partial charge on any atom is -0.491 e. The molecule has 0 N–H and O–H groups in total. The molecule has 0 aromatic heterocycles. The molecule has 3 rings (SSSR count). The molecule has 1 aliphatic heterocycles. The number of nitrogens with zero attached hydrogens (tertiary/aromatic N) is 2. The van der Waals surface area contributed by atoms with Crippen molar-refractivity contribution in [1.29, 1.82) is 0 Å². The molecule has 0 saturated carbocycles. The van der Waals surface area contributed by atoms with Crippen LogP contribution in [0, 0.1) is 5.92 Å². The smallest absolute Gasteiger partial charge is 0.167 e. The molecule has 4 nitrogen and oxygen atoms in total. The summed E-state index contributed by atoms with van der Waals surface area (Å²) < 4.78 is 5.75. The van der Waals surface area contributed by atoms with E-state index in [1.807, 2.05) is 38.1 Å². The SMILES string of the molecule is CC(C)Oc1ccc2c(c1)/C(=C/C1=NN=C(C(C)C)C1)C(=O)C2. The Hall–Kier alpha value is -2.23. The Balaban J connectivity index is 1.88. The minimum atomic E-state index is 0.110. The zero-order valence-corrected chi connectivity index (χ0v) is 14.1. The molecule has 0 saturated heterocycles. The van der Waals surface area contributed by atoms with Gasteiger partial charge in [0.1, 0.15) is 5.75 Å². The molecule has 0 atom stereocenters. The maximum Gasteiger partial charge on any atom is 0.167 e. The van der Waals surface area contributed by atoms with E-state index in [2.05, 4.69) is 24.1 Å². The van der Waals surface area contributed by atoms with Crippen LogP contribution in [0.1, 0.15) is 45.2 Å². The maximum absolute atomic E-state index is 12.4. The van der Waals surface area contributed by atoms with Crippen molar-refractivity contribution >= 4 is 22.8 Å². The minimum absolute atomic E-state index is 0.110. The van der Waals surface area contributed by atoms with E-state index in [4.69, 9.17) is 4.74 Å². The van der Waals surface area contributed by atoms with Crippen molar-refractivity contribution < 1.29 is 9.53 Å². The van der Waals surface area contributed by atoms with Crippen LogP contribution >= 0.6 is 0 Å². The second kappa shape index (κ2) is 6.11. The zero-order valence-electron chi connectivity index (χ0n) is 14.1. The second-order valence-corrected chi connectivity index (χ2v) is 6.66. The molecule has 1 aliphatic carbocycles. The quantitative estimate of drug-likeness (QED) is 0.793. The summed E-state index contributed by atoms with van der Waals surface area (Å²) in [6, 6.07) is 5.88. The Morgan fingerprint density at radius 1 is 1.13 bits per heavy atom. The fourth-order valence-corrected chi connectivity index (χ4v) is 2.83. The molecular formula is C19H22N2O2. The van der Waals surface area contributed by atoms with Gasteiger partial charge in [-0.15, -0.1) is 0 Å². The van der Waals surface area contributed by atoms with Crippen LogP contribution in [0.5, 0.6) is 5.75 Å². The van der Waals surface area contributed by atoms with Crippen LogP contribution in [0.2, 0.25) is 0 Å². The Morgan fingerprint density at radius 3 is 2.57 bits per heavy atom. The molecule has 1 aromatic carbocycles. The van der Waals surface area contributed by atoms with Gasteiger partial charge in [0.05, 0.1) is 11.8 Å². The van der Waals surface area contributed by atoms with E-state index < -0.39 is 0 Å². The Bertz CT molecular complexity index is 740. The Labute approximate surface area is 137 Å². The highest BCUT2D eigenvalue weighted by atomic mass is 16.5. The summed E-state index contributed by atoms with van der Waals surface area (Å²) in [6.45, 7) is 8.20. The number of carbonyl (C=O) groups is 1. The third-order valence-corrected chi connectivity index (χ3v) is 4.04. The normalized spacial score (nSPS) is 18.7. The van der Waals surface area contributed by atoms with Gasteiger partial charge in [-0.3, -0.25) is 4.79 Å². The Kier molecular flexibility index (Phi) is 4.16. The van der Waals surface area contributed by atoms with Crippen LogP contribution in [0.15, 0.2) is 34.5 Å². The van der Waals surface area contributed by atoms with Crippen molar-refractivity contribution in [2.45, 2.75) is 46.6 Å². The average molecular weight is 310 g/mol. The van der Waals surface area contributed by atoms with Gasteiger partial charge >= 0.3 is 0 Å². The van der Waals surface area contributed by atoms with E-state index in [0.29, 0.717) is 12.3 Å². The largest absolute Gasteiger partial charge is 0.491 e. The van der Waals surface area contributed by atoms with E-state index in [1.165, 1.54) is 0 Å². The average Bonchev–Trinajstić information content (AvgIpc) is 3.05. The third kappa shape index (κ3) is 3.26. The van der Waals surface area contributed by atoms with Crippen LogP contribution in [-0.4, -0.2) is 23.3 Å². The molecule has 1 aromatic rings. The monoisotopic (exact) mass is 310 g/mol. The fraction of sp³-hybridized carbons (Fsp3) is 0.421. The van der Waals surface area contributed by atoms with Crippen molar-refractivity contribution in [2.24, 2.45) is 16.1 Å². The lowest BCUT2D eigenvalue weighted by molar-refractivity contribution is -0.112.